The minimum absolute atomic E-state index is 0.0662. The number of aryl methyl sites for hydroxylation is 2. The van der Waals surface area contributed by atoms with Crippen LogP contribution >= 0.6 is 15.9 Å². The van der Waals surface area contributed by atoms with Crippen molar-refractivity contribution >= 4 is 43.2 Å². The highest BCUT2D eigenvalue weighted by Gasteiger charge is 2.19. The van der Waals surface area contributed by atoms with Crippen molar-refractivity contribution in [3.8, 4) is 0 Å². The zero-order valence-corrected chi connectivity index (χ0v) is 17.8. The van der Waals surface area contributed by atoms with E-state index in [1.807, 2.05) is 31.2 Å². The van der Waals surface area contributed by atoms with Gasteiger partial charge in [-0.1, -0.05) is 39.7 Å². The second-order valence-electron chi connectivity index (χ2n) is 6.41. The van der Waals surface area contributed by atoms with Crippen LogP contribution in [0.1, 0.15) is 21.5 Å². The summed E-state index contributed by atoms with van der Waals surface area (Å²) in [5.41, 5.74) is 2.94. The zero-order chi connectivity index (χ0) is 20.3. The number of halogens is 1. The molecule has 2 N–H and O–H groups in total. The first-order valence-electron chi connectivity index (χ1n) is 8.52. The van der Waals surface area contributed by atoms with Crippen LogP contribution in [0.3, 0.4) is 0 Å². The molecule has 144 valence electrons. The fraction of sp³-hybridized carbons (Fsp3) is 0.0952. The van der Waals surface area contributed by atoms with E-state index in [2.05, 4.69) is 26.0 Å². The number of carbonyl (C=O) groups excluding carboxylic acids is 1. The average Bonchev–Trinajstić information content (AvgIpc) is 2.65. The van der Waals surface area contributed by atoms with Crippen molar-refractivity contribution in [2.24, 2.45) is 0 Å². The van der Waals surface area contributed by atoms with E-state index in [0.29, 0.717) is 16.9 Å². The van der Waals surface area contributed by atoms with Crippen LogP contribution in [-0.4, -0.2) is 14.3 Å². The zero-order valence-electron chi connectivity index (χ0n) is 15.4. The van der Waals surface area contributed by atoms with Crippen LogP contribution in [0.2, 0.25) is 0 Å². The van der Waals surface area contributed by atoms with E-state index >= 15 is 0 Å². The Bertz CT molecular complexity index is 1110. The number of hydrogen-bond donors (Lipinski definition) is 2. The molecule has 0 radical (unpaired) electrons. The predicted molar refractivity (Wildman–Crippen MR) is 115 cm³/mol. The standard InChI is InChI=1S/C21H19BrN2O3S/c1-14-3-9-19(10-4-14)24-28(26,27)20-13-16(6-5-15(20)2)21(25)23-18-11-7-17(22)8-12-18/h3-13,24H,1-2H3,(H,23,25). The molecule has 7 heteroatoms. The maximum absolute atomic E-state index is 12.8. The Kier molecular flexibility index (Phi) is 5.86. The van der Waals surface area contributed by atoms with E-state index < -0.39 is 10.0 Å². The van der Waals surface area contributed by atoms with Gasteiger partial charge in [0.05, 0.1) is 4.90 Å². The van der Waals surface area contributed by atoms with Crippen LogP contribution in [0.5, 0.6) is 0 Å². The average molecular weight is 459 g/mol. The Morgan fingerprint density at radius 3 is 2.11 bits per heavy atom. The molecule has 3 rings (SSSR count). The summed E-state index contributed by atoms with van der Waals surface area (Å²) in [4.78, 5) is 12.6. The van der Waals surface area contributed by atoms with Crippen molar-refractivity contribution in [2.75, 3.05) is 10.0 Å². The molecular weight excluding hydrogens is 440 g/mol. The van der Waals surface area contributed by atoms with E-state index in [4.69, 9.17) is 0 Å². The topological polar surface area (TPSA) is 75.3 Å². The molecule has 0 bridgehead atoms. The fourth-order valence-corrected chi connectivity index (χ4v) is 4.19. The molecule has 3 aromatic carbocycles. The predicted octanol–water partition coefficient (Wildman–Crippen LogP) is 5.12. The van der Waals surface area contributed by atoms with Gasteiger partial charge in [-0.3, -0.25) is 9.52 Å². The number of anilines is 2. The van der Waals surface area contributed by atoms with Gasteiger partial charge in [-0.2, -0.15) is 0 Å². The Morgan fingerprint density at radius 2 is 1.46 bits per heavy atom. The first-order valence-corrected chi connectivity index (χ1v) is 10.8. The molecule has 1 amide bonds. The number of carbonyl (C=O) groups is 1. The van der Waals surface area contributed by atoms with Gasteiger partial charge in [-0.05, 0) is 67.9 Å². The molecule has 0 aromatic heterocycles. The van der Waals surface area contributed by atoms with E-state index in [9.17, 15) is 13.2 Å². The molecule has 0 aliphatic rings. The van der Waals surface area contributed by atoms with Gasteiger partial charge in [0, 0.05) is 21.4 Å². The number of amides is 1. The van der Waals surface area contributed by atoms with Crippen LogP contribution < -0.4 is 10.0 Å². The Hall–Kier alpha value is -2.64. The largest absolute Gasteiger partial charge is 0.322 e. The normalized spacial score (nSPS) is 11.1. The van der Waals surface area contributed by atoms with Gasteiger partial charge >= 0.3 is 0 Å². The number of hydrogen-bond acceptors (Lipinski definition) is 3. The molecule has 0 saturated carbocycles. The first kappa shape index (κ1) is 20.1. The maximum Gasteiger partial charge on any atom is 0.262 e. The van der Waals surface area contributed by atoms with Gasteiger partial charge in [0.15, 0.2) is 0 Å². The summed E-state index contributed by atoms with van der Waals surface area (Å²) in [7, 11) is -3.83. The monoisotopic (exact) mass is 458 g/mol. The smallest absolute Gasteiger partial charge is 0.262 e. The summed E-state index contributed by atoms with van der Waals surface area (Å²) >= 11 is 3.34. The molecule has 0 heterocycles. The maximum atomic E-state index is 12.8. The van der Waals surface area contributed by atoms with Gasteiger partial charge in [0.2, 0.25) is 0 Å². The third-order valence-corrected chi connectivity index (χ3v) is 6.20. The van der Waals surface area contributed by atoms with Crippen LogP contribution in [0.25, 0.3) is 0 Å². The molecule has 0 spiro atoms. The minimum atomic E-state index is -3.83. The summed E-state index contributed by atoms with van der Waals surface area (Å²) in [6.07, 6.45) is 0. The number of rotatable bonds is 5. The second kappa shape index (κ2) is 8.16. The van der Waals surface area contributed by atoms with Gasteiger partial charge in [0.25, 0.3) is 15.9 Å². The Balaban J connectivity index is 1.86. The summed E-state index contributed by atoms with van der Waals surface area (Å²) in [5.74, 6) is -0.380. The van der Waals surface area contributed by atoms with E-state index in [0.717, 1.165) is 10.0 Å². The minimum Gasteiger partial charge on any atom is -0.322 e. The van der Waals surface area contributed by atoms with Gasteiger partial charge in [-0.15, -0.1) is 0 Å². The van der Waals surface area contributed by atoms with Crippen LogP contribution in [0.15, 0.2) is 76.1 Å². The molecule has 28 heavy (non-hydrogen) atoms. The van der Waals surface area contributed by atoms with Crippen molar-refractivity contribution < 1.29 is 13.2 Å². The van der Waals surface area contributed by atoms with E-state index in [1.165, 1.54) is 6.07 Å². The first-order chi connectivity index (χ1) is 13.2. The van der Waals surface area contributed by atoms with E-state index in [-0.39, 0.29) is 16.4 Å². The lowest BCUT2D eigenvalue weighted by Crippen LogP contribution is -2.17. The molecule has 0 unspecified atom stereocenters. The lowest BCUT2D eigenvalue weighted by molar-refractivity contribution is 0.102. The molecular formula is C21H19BrN2O3S. The Morgan fingerprint density at radius 1 is 0.857 bits per heavy atom. The van der Waals surface area contributed by atoms with Crippen molar-refractivity contribution in [3.63, 3.8) is 0 Å². The molecule has 0 fully saturated rings. The SMILES string of the molecule is Cc1ccc(NS(=O)(=O)c2cc(C(=O)Nc3ccc(Br)cc3)ccc2C)cc1. The van der Waals surface area contributed by atoms with Crippen LogP contribution in [-0.2, 0) is 10.0 Å². The van der Waals surface area contributed by atoms with Crippen molar-refractivity contribution in [2.45, 2.75) is 18.7 Å². The molecule has 3 aromatic rings. The molecule has 0 aliphatic heterocycles. The third-order valence-electron chi connectivity index (χ3n) is 4.15. The van der Waals surface area contributed by atoms with Gasteiger partial charge < -0.3 is 5.32 Å². The third kappa shape index (κ3) is 4.79. The van der Waals surface area contributed by atoms with Gasteiger partial charge in [-0.25, -0.2) is 8.42 Å². The second-order valence-corrected chi connectivity index (χ2v) is 8.98. The highest BCUT2D eigenvalue weighted by molar-refractivity contribution is 9.10. The number of benzene rings is 3. The van der Waals surface area contributed by atoms with E-state index in [1.54, 1.807) is 43.3 Å². The Labute approximate surface area is 173 Å². The van der Waals surface area contributed by atoms with Crippen molar-refractivity contribution in [3.05, 3.63) is 87.9 Å². The summed E-state index contributed by atoms with van der Waals surface area (Å²) < 4.78 is 29.1. The summed E-state index contributed by atoms with van der Waals surface area (Å²) in [5, 5.41) is 2.76. The lowest BCUT2D eigenvalue weighted by Gasteiger charge is -2.12. The lowest BCUT2D eigenvalue weighted by atomic mass is 10.1. The molecule has 0 aliphatic carbocycles. The van der Waals surface area contributed by atoms with Crippen LogP contribution in [0.4, 0.5) is 11.4 Å². The van der Waals surface area contributed by atoms with Crippen molar-refractivity contribution in [1.82, 2.24) is 0 Å². The fourth-order valence-electron chi connectivity index (χ4n) is 2.60. The molecule has 0 atom stereocenters. The summed E-state index contributed by atoms with van der Waals surface area (Å²) in [6.45, 7) is 3.62. The number of sulfonamides is 1. The van der Waals surface area contributed by atoms with Crippen molar-refractivity contribution in [1.29, 1.82) is 0 Å². The van der Waals surface area contributed by atoms with Crippen LogP contribution in [0, 0.1) is 13.8 Å². The highest BCUT2D eigenvalue weighted by atomic mass is 79.9. The quantitative estimate of drug-likeness (QED) is 0.556. The highest BCUT2D eigenvalue weighted by Crippen LogP contribution is 2.22. The number of nitrogens with one attached hydrogen (secondary N) is 2. The summed E-state index contributed by atoms with van der Waals surface area (Å²) in [6, 6.07) is 18.8. The molecule has 5 nitrogen and oxygen atoms in total. The van der Waals surface area contributed by atoms with Gasteiger partial charge in [0.1, 0.15) is 0 Å². The molecule has 0 saturated heterocycles.